The summed E-state index contributed by atoms with van der Waals surface area (Å²) in [5.74, 6) is 1.46. The Bertz CT molecular complexity index is 3300. The van der Waals surface area contributed by atoms with E-state index in [2.05, 4.69) is 131 Å². The number of para-hydroxylation sites is 1. The molecule has 5 aromatic heterocycles. The first-order valence-electron chi connectivity index (χ1n) is 20.2. The molecule has 6 aromatic carbocycles. The second-order valence-electron chi connectivity index (χ2n) is 14.9. The summed E-state index contributed by atoms with van der Waals surface area (Å²) in [6.45, 7) is 0. The Morgan fingerprint density at radius 1 is 0.344 bits per heavy atom. The van der Waals surface area contributed by atoms with Gasteiger partial charge in [0.05, 0.1) is 28.0 Å². The van der Waals surface area contributed by atoms with Crippen LogP contribution in [0.25, 0.3) is 112 Å². The highest BCUT2D eigenvalue weighted by Gasteiger charge is 2.24. The Balaban J connectivity index is 0.963. The molecule has 0 N–H and O–H groups in total. The van der Waals surface area contributed by atoms with Gasteiger partial charge in [0, 0.05) is 63.6 Å². The number of furan rings is 1. The molecule has 0 bridgehead atoms. The van der Waals surface area contributed by atoms with E-state index in [1.54, 1.807) is 12.4 Å². The minimum atomic E-state index is 0.689. The zero-order chi connectivity index (χ0) is 40.5. The van der Waals surface area contributed by atoms with E-state index in [1.807, 2.05) is 79.1 Å². The maximum Gasteiger partial charge on any atom is 0.160 e. The largest absolute Gasteiger partial charge is 0.455 e. The molecule has 0 fully saturated rings. The van der Waals surface area contributed by atoms with Crippen molar-refractivity contribution in [2.75, 3.05) is 0 Å². The van der Waals surface area contributed by atoms with Crippen LogP contribution in [0, 0.1) is 0 Å². The predicted octanol–water partition coefficient (Wildman–Crippen LogP) is 13.9. The van der Waals surface area contributed by atoms with Gasteiger partial charge in [-0.05, 0) is 70.3 Å². The maximum absolute atomic E-state index is 6.84. The number of aromatic nitrogens is 5. The average molecular weight is 782 g/mol. The minimum Gasteiger partial charge on any atom is -0.455 e. The molecule has 5 heterocycles. The molecule has 0 saturated heterocycles. The van der Waals surface area contributed by atoms with E-state index in [0.717, 1.165) is 94.8 Å². The Morgan fingerprint density at radius 3 is 1.38 bits per heavy atom. The van der Waals surface area contributed by atoms with Crippen molar-refractivity contribution in [3.63, 3.8) is 0 Å². The van der Waals surface area contributed by atoms with E-state index in [0.29, 0.717) is 5.82 Å². The number of benzene rings is 6. The fraction of sp³-hybridized carbons (Fsp3) is 0. The molecule has 6 nitrogen and oxygen atoms in total. The number of fused-ring (bicyclic) bond motifs is 3. The molecule has 286 valence electrons. The van der Waals surface area contributed by atoms with Crippen LogP contribution in [-0.2, 0) is 0 Å². The number of nitrogens with zero attached hydrogens (tertiary/aromatic N) is 5. The molecule has 0 spiro atoms. The van der Waals surface area contributed by atoms with Gasteiger partial charge in [-0.15, -0.1) is 0 Å². The van der Waals surface area contributed by atoms with Gasteiger partial charge in [0.1, 0.15) is 11.3 Å². The van der Waals surface area contributed by atoms with Gasteiger partial charge < -0.3 is 4.42 Å². The summed E-state index contributed by atoms with van der Waals surface area (Å²) in [7, 11) is 0. The van der Waals surface area contributed by atoms with Crippen LogP contribution in [0.4, 0.5) is 0 Å². The van der Waals surface area contributed by atoms with Gasteiger partial charge in [0.15, 0.2) is 5.82 Å². The minimum absolute atomic E-state index is 0.689. The lowest BCUT2D eigenvalue weighted by atomic mass is 9.94. The summed E-state index contributed by atoms with van der Waals surface area (Å²) in [4.78, 5) is 24.0. The third-order valence-corrected chi connectivity index (χ3v) is 11.2. The van der Waals surface area contributed by atoms with Crippen LogP contribution in [0.15, 0.2) is 217 Å². The van der Waals surface area contributed by atoms with E-state index in [9.17, 15) is 0 Å². The van der Waals surface area contributed by atoms with Gasteiger partial charge in [0.25, 0.3) is 0 Å². The summed E-state index contributed by atoms with van der Waals surface area (Å²) in [5, 5.41) is 1.92. The van der Waals surface area contributed by atoms with Crippen molar-refractivity contribution in [3.05, 3.63) is 213 Å². The van der Waals surface area contributed by atoms with Crippen molar-refractivity contribution in [2.45, 2.75) is 0 Å². The molecule has 0 atom stereocenters. The summed E-state index contributed by atoms with van der Waals surface area (Å²) >= 11 is 0. The highest BCUT2D eigenvalue weighted by molar-refractivity contribution is 6.16. The normalized spacial score (nSPS) is 11.3. The molecule has 11 aromatic rings. The molecule has 61 heavy (non-hydrogen) atoms. The predicted molar refractivity (Wildman–Crippen MR) is 246 cm³/mol. The molecule has 11 rings (SSSR count). The molecular formula is C55H35N5O. The van der Waals surface area contributed by atoms with E-state index in [4.69, 9.17) is 19.4 Å². The fourth-order valence-electron chi connectivity index (χ4n) is 8.07. The summed E-state index contributed by atoms with van der Waals surface area (Å²) in [5.41, 5.74) is 15.7. The van der Waals surface area contributed by atoms with Crippen LogP contribution in [0.2, 0.25) is 0 Å². The van der Waals surface area contributed by atoms with Crippen LogP contribution in [0.1, 0.15) is 0 Å². The van der Waals surface area contributed by atoms with E-state index < -0.39 is 0 Å². The van der Waals surface area contributed by atoms with Gasteiger partial charge in [-0.1, -0.05) is 146 Å². The number of hydrogen-bond acceptors (Lipinski definition) is 6. The standard InChI is InChI=1S/C55H35N5O/c1-3-9-36(10-4-1)37-15-21-40(22-16-37)48-35-49(60-55(59-48)45-11-5-2-6-12-45)41-23-17-38(18-24-41)39-19-25-43(26-20-39)52-51-50(42-27-31-56-32-28-42)53(44-29-33-57-34-30-44)61-54(51)46-13-7-8-14-47(46)58-52/h1-35H. The summed E-state index contributed by atoms with van der Waals surface area (Å²) in [6, 6.07) is 64.7. The van der Waals surface area contributed by atoms with Crippen molar-refractivity contribution >= 4 is 21.9 Å². The topological polar surface area (TPSA) is 77.6 Å². The maximum atomic E-state index is 6.84. The monoisotopic (exact) mass is 781 g/mol. The van der Waals surface area contributed by atoms with Gasteiger partial charge in [-0.2, -0.15) is 0 Å². The first-order chi connectivity index (χ1) is 30.2. The number of rotatable bonds is 8. The SMILES string of the molecule is c1ccc(-c2ccc(-c3cc(-c4ccc(-c5ccc(-c6nc7ccccc7c7oc(-c8ccncc8)c(-c8ccncc8)c67)cc5)cc4)nc(-c4ccccc4)n3)cc2)cc1. The lowest BCUT2D eigenvalue weighted by Gasteiger charge is -2.11. The Labute approximate surface area is 352 Å². The van der Waals surface area contributed by atoms with Gasteiger partial charge >= 0.3 is 0 Å². The van der Waals surface area contributed by atoms with Gasteiger partial charge in [-0.25, -0.2) is 15.0 Å². The van der Waals surface area contributed by atoms with Crippen molar-refractivity contribution in [2.24, 2.45) is 0 Å². The Kier molecular flexibility index (Phi) is 9.06. The molecule has 0 aliphatic rings. The zero-order valence-corrected chi connectivity index (χ0v) is 32.9. The van der Waals surface area contributed by atoms with Gasteiger partial charge in [0.2, 0.25) is 0 Å². The molecule has 0 aliphatic carbocycles. The molecule has 0 radical (unpaired) electrons. The Morgan fingerprint density at radius 2 is 0.803 bits per heavy atom. The van der Waals surface area contributed by atoms with E-state index in [-0.39, 0.29) is 0 Å². The van der Waals surface area contributed by atoms with Crippen LogP contribution in [0.5, 0.6) is 0 Å². The average Bonchev–Trinajstić information content (AvgIpc) is 3.76. The molecule has 0 aliphatic heterocycles. The van der Waals surface area contributed by atoms with Crippen molar-refractivity contribution in [3.8, 4) is 89.9 Å². The summed E-state index contributed by atoms with van der Waals surface area (Å²) in [6.07, 6.45) is 7.21. The lowest BCUT2D eigenvalue weighted by Crippen LogP contribution is -1.96. The lowest BCUT2D eigenvalue weighted by molar-refractivity contribution is 0.635. The van der Waals surface area contributed by atoms with Crippen LogP contribution >= 0.6 is 0 Å². The fourth-order valence-corrected chi connectivity index (χ4v) is 8.07. The van der Waals surface area contributed by atoms with Crippen molar-refractivity contribution < 1.29 is 4.42 Å². The zero-order valence-electron chi connectivity index (χ0n) is 32.9. The van der Waals surface area contributed by atoms with E-state index >= 15 is 0 Å². The third kappa shape index (κ3) is 6.82. The second-order valence-corrected chi connectivity index (χ2v) is 14.9. The highest BCUT2D eigenvalue weighted by atomic mass is 16.3. The van der Waals surface area contributed by atoms with Crippen molar-refractivity contribution in [1.29, 1.82) is 0 Å². The molecule has 0 saturated carbocycles. The molecule has 0 amide bonds. The number of pyridine rings is 3. The highest BCUT2D eigenvalue weighted by Crippen LogP contribution is 2.46. The first kappa shape index (κ1) is 35.8. The number of hydrogen-bond donors (Lipinski definition) is 0. The van der Waals surface area contributed by atoms with Crippen LogP contribution < -0.4 is 0 Å². The molecule has 6 heteroatoms. The van der Waals surface area contributed by atoms with Crippen molar-refractivity contribution in [1.82, 2.24) is 24.9 Å². The summed E-state index contributed by atoms with van der Waals surface area (Å²) < 4.78 is 6.84. The van der Waals surface area contributed by atoms with Crippen LogP contribution in [-0.4, -0.2) is 24.9 Å². The Hall–Kier alpha value is -8.35. The van der Waals surface area contributed by atoms with E-state index in [1.165, 1.54) is 11.1 Å². The quantitative estimate of drug-likeness (QED) is 0.153. The van der Waals surface area contributed by atoms with Crippen LogP contribution in [0.3, 0.4) is 0 Å². The smallest absolute Gasteiger partial charge is 0.160 e. The third-order valence-electron chi connectivity index (χ3n) is 11.2. The van der Waals surface area contributed by atoms with Gasteiger partial charge in [-0.3, -0.25) is 9.97 Å². The molecule has 0 unspecified atom stereocenters. The molecular weight excluding hydrogens is 747 g/mol. The second kappa shape index (κ2) is 15.4. The first-order valence-corrected chi connectivity index (χ1v) is 20.2.